The third-order valence-electron chi connectivity index (χ3n) is 5.48. The van der Waals surface area contributed by atoms with Gasteiger partial charge in [0.2, 0.25) is 0 Å². The van der Waals surface area contributed by atoms with Crippen molar-refractivity contribution in [3.8, 4) is 16.9 Å². The fraction of sp³-hybridized carbons (Fsp3) is 0.154. The Morgan fingerprint density at radius 3 is 2.56 bits per heavy atom. The summed E-state index contributed by atoms with van der Waals surface area (Å²) in [7, 11) is 0. The Hall–Kier alpha value is -4.30. The van der Waals surface area contributed by atoms with Crippen LogP contribution in [0.25, 0.3) is 22.1 Å². The molecular weight excluding hydrogens is 436 g/mol. The summed E-state index contributed by atoms with van der Waals surface area (Å²) in [6.07, 6.45) is 0.0450. The molecule has 1 unspecified atom stereocenters. The van der Waals surface area contributed by atoms with Crippen molar-refractivity contribution in [2.75, 3.05) is 5.73 Å². The van der Waals surface area contributed by atoms with Gasteiger partial charge in [0, 0.05) is 34.8 Å². The smallest absolute Gasteiger partial charge is 0.307 e. The first-order valence-electron chi connectivity index (χ1n) is 10.6. The monoisotopic (exact) mass is 460 g/mol. The number of carbonyl (C=O) groups is 2. The van der Waals surface area contributed by atoms with Gasteiger partial charge in [-0.3, -0.25) is 9.59 Å². The molecule has 0 aliphatic rings. The topological polar surface area (TPSA) is 149 Å². The SMILES string of the molecule is NCc1cccc(-c2cc(C(CC(=O)O)Oc3cc(N)ccc3CC(=O)O)cc3ccoc23)c1. The van der Waals surface area contributed by atoms with Crippen LogP contribution in [0.1, 0.15) is 29.2 Å². The van der Waals surface area contributed by atoms with E-state index in [0.29, 0.717) is 28.9 Å². The molecule has 174 valence electrons. The van der Waals surface area contributed by atoms with Crippen molar-refractivity contribution in [3.63, 3.8) is 0 Å². The molecule has 0 saturated heterocycles. The zero-order valence-corrected chi connectivity index (χ0v) is 18.2. The number of ether oxygens (including phenoxy) is 1. The third kappa shape index (κ3) is 5.02. The maximum atomic E-state index is 11.7. The van der Waals surface area contributed by atoms with Crippen molar-refractivity contribution in [1.29, 1.82) is 0 Å². The summed E-state index contributed by atoms with van der Waals surface area (Å²) >= 11 is 0. The van der Waals surface area contributed by atoms with Crippen molar-refractivity contribution in [2.45, 2.75) is 25.5 Å². The molecule has 0 bridgehead atoms. The molecule has 3 aromatic carbocycles. The van der Waals surface area contributed by atoms with Gasteiger partial charge in [-0.05, 0) is 47.0 Å². The molecule has 6 N–H and O–H groups in total. The summed E-state index contributed by atoms with van der Waals surface area (Å²) in [5.41, 5.74) is 16.3. The molecule has 1 aromatic heterocycles. The average Bonchev–Trinajstić information content (AvgIpc) is 3.28. The van der Waals surface area contributed by atoms with Crippen LogP contribution in [0.4, 0.5) is 5.69 Å². The van der Waals surface area contributed by atoms with Gasteiger partial charge in [-0.2, -0.15) is 0 Å². The second kappa shape index (κ2) is 9.68. The normalized spacial score (nSPS) is 11.9. The number of aliphatic carboxylic acids is 2. The average molecular weight is 460 g/mol. The number of benzene rings is 3. The van der Waals surface area contributed by atoms with Crippen molar-refractivity contribution in [3.05, 3.63) is 83.6 Å². The van der Waals surface area contributed by atoms with E-state index in [-0.39, 0.29) is 18.6 Å². The van der Waals surface area contributed by atoms with E-state index in [4.69, 9.17) is 20.6 Å². The number of hydrogen-bond acceptors (Lipinski definition) is 6. The van der Waals surface area contributed by atoms with Gasteiger partial charge in [-0.25, -0.2) is 0 Å². The summed E-state index contributed by atoms with van der Waals surface area (Å²) in [5.74, 6) is -1.87. The number of hydrogen-bond donors (Lipinski definition) is 4. The number of carboxylic acids is 2. The summed E-state index contributed by atoms with van der Waals surface area (Å²) in [4.78, 5) is 23.0. The van der Waals surface area contributed by atoms with Gasteiger partial charge in [0.05, 0.1) is 19.1 Å². The lowest BCUT2D eigenvalue weighted by Crippen LogP contribution is -2.15. The van der Waals surface area contributed by atoms with Crippen molar-refractivity contribution in [2.24, 2.45) is 5.73 Å². The molecule has 8 heteroatoms. The lowest BCUT2D eigenvalue weighted by atomic mass is 9.95. The van der Waals surface area contributed by atoms with Crippen molar-refractivity contribution < 1.29 is 29.0 Å². The first-order chi connectivity index (χ1) is 16.3. The Kier molecular flexibility index (Phi) is 6.51. The van der Waals surface area contributed by atoms with E-state index < -0.39 is 18.0 Å². The molecule has 34 heavy (non-hydrogen) atoms. The standard InChI is InChI=1S/C26H24N2O6/c27-14-15-2-1-3-16(8-15)21-10-19(9-18-6-7-33-26(18)21)23(13-25(31)32)34-22-12-20(28)5-4-17(22)11-24(29)30/h1-10,12,23H,11,13-14,27-28H2,(H,29,30)(H,31,32). The van der Waals surface area contributed by atoms with Gasteiger partial charge in [0.15, 0.2) is 0 Å². The molecule has 4 rings (SSSR count). The molecule has 0 spiro atoms. The number of rotatable bonds is 9. The lowest BCUT2D eigenvalue weighted by Gasteiger charge is -2.21. The highest BCUT2D eigenvalue weighted by Crippen LogP contribution is 2.36. The fourth-order valence-electron chi connectivity index (χ4n) is 3.90. The van der Waals surface area contributed by atoms with Crippen LogP contribution in [-0.2, 0) is 22.6 Å². The van der Waals surface area contributed by atoms with E-state index in [2.05, 4.69) is 0 Å². The summed E-state index contributed by atoms with van der Waals surface area (Å²) in [6, 6.07) is 17.8. The molecule has 0 aliphatic heterocycles. The molecule has 8 nitrogen and oxygen atoms in total. The summed E-state index contributed by atoms with van der Waals surface area (Å²) in [6.45, 7) is 0.376. The van der Waals surface area contributed by atoms with Crippen LogP contribution < -0.4 is 16.2 Å². The predicted molar refractivity (Wildman–Crippen MR) is 127 cm³/mol. The molecule has 1 heterocycles. The number of furan rings is 1. The first kappa shape index (κ1) is 22.9. The second-order valence-electron chi connectivity index (χ2n) is 7.95. The van der Waals surface area contributed by atoms with Crippen LogP contribution in [0.3, 0.4) is 0 Å². The predicted octanol–water partition coefficient (Wildman–Crippen LogP) is 4.36. The first-order valence-corrected chi connectivity index (χ1v) is 10.6. The van der Waals surface area contributed by atoms with E-state index in [1.54, 1.807) is 24.5 Å². The minimum atomic E-state index is -1.06. The Morgan fingerprint density at radius 2 is 1.82 bits per heavy atom. The Morgan fingerprint density at radius 1 is 1.00 bits per heavy atom. The highest BCUT2D eigenvalue weighted by molar-refractivity contribution is 5.93. The van der Waals surface area contributed by atoms with Gasteiger partial charge in [-0.1, -0.05) is 24.3 Å². The largest absolute Gasteiger partial charge is 0.485 e. The number of nitrogens with two attached hydrogens (primary N) is 2. The lowest BCUT2D eigenvalue weighted by molar-refractivity contribution is -0.139. The van der Waals surface area contributed by atoms with Crippen LogP contribution in [0, 0.1) is 0 Å². The number of carboxylic acid groups (broad SMARTS) is 2. The summed E-state index contributed by atoms with van der Waals surface area (Å²) in [5, 5.41) is 19.6. The fourth-order valence-corrected chi connectivity index (χ4v) is 3.90. The highest BCUT2D eigenvalue weighted by atomic mass is 16.5. The second-order valence-corrected chi connectivity index (χ2v) is 7.95. The van der Waals surface area contributed by atoms with Gasteiger partial charge in [0.25, 0.3) is 0 Å². The Balaban J connectivity index is 1.82. The number of nitrogen functional groups attached to an aromatic ring is 1. The van der Waals surface area contributed by atoms with Gasteiger partial charge >= 0.3 is 11.9 Å². The maximum absolute atomic E-state index is 11.7. The van der Waals surface area contributed by atoms with Crippen molar-refractivity contribution >= 4 is 28.6 Å². The Labute approximate surface area is 195 Å². The molecule has 0 amide bonds. The quantitative estimate of drug-likeness (QED) is 0.269. The van der Waals surface area contributed by atoms with Gasteiger partial charge in [0.1, 0.15) is 17.4 Å². The van der Waals surface area contributed by atoms with E-state index >= 15 is 0 Å². The third-order valence-corrected chi connectivity index (χ3v) is 5.48. The van der Waals surface area contributed by atoms with Crippen LogP contribution in [0.5, 0.6) is 5.75 Å². The zero-order valence-electron chi connectivity index (χ0n) is 18.2. The van der Waals surface area contributed by atoms with E-state index in [0.717, 1.165) is 22.1 Å². The minimum absolute atomic E-state index is 0.229. The summed E-state index contributed by atoms with van der Waals surface area (Å²) < 4.78 is 11.8. The number of fused-ring (bicyclic) bond motifs is 1. The molecule has 0 saturated carbocycles. The van der Waals surface area contributed by atoms with E-state index in [1.165, 1.54) is 6.07 Å². The van der Waals surface area contributed by atoms with Crippen molar-refractivity contribution in [1.82, 2.24) is 0 Å². The van der Waals surface area contributed by atoms with Crippen LogP contribution in [0.2, 0.25) is 0 Å². The zero-order chi connectivity index (χ0) is 24.2. The van der Waals surface area contributed by atoms with E-state index in [9.17, 15) is 19.8 Å². The minimum Gasteiger partial charge on any atom is -0.485 e. The molecule has 0 fully saturated rings. The molecule has 1 atom stereocenters. The molecular formula is C26H24N2O6. The van der Waals surface area contributed by atoms with Crippen LogP contribution in [0.15, 0.2) is 71.3 Å². The van der Waals surface area contributed by atoms with Gasteiger partial charge in [-0.15, -0.1) is 0 Å². The van der Waals surface area contributed by atoms with Crippen LogP contribution >= 0.6 is 0 Å². The number of anilines is 1. The van der Waals surface area contributed by atoms with Gasteiger partial charge < -0.3 is 30.8 Å². The highest BCUT2D eigenvalue weighted by Gasteiger charge is 2.22. The molecule has 4 aromatic rings. The van der Waals surface area contributed by atoms with E-state index in [1.807, 2.05) is 36.4 Å². The maximum Gasteiger partial charge on any atom is 0.307 e. The van der Waals surface area contributed by atoms with Crippen LogP contribution in [-0.4, -0.2) is 22.2 Å². The Bertz CT molecular complexity index is 1360. The molecule has 0 aliphatic carbocycles. The molecule has 0 radical (unpaired) electrons.